The Hall–Kier alpha value is -1.71. The number of hydrogen-bond acceptors (Lipinski definition) is 6. The van der Waals surface area contributed by atoms with E-state index in [9.17, 15) is 0 Å². The van der Waals surface area contributed by atoms with Crippen LogP contribution < -0.4 is 5.32 Å². The lowest BCUT2D eigenvalue weighted by atomic mass is 10.3. The average Bonchev–Trinajstić information content (AvgIpc) is 2.35. The van der Waals surface area contributed by atoms with E-state index in [1.165, 1.54) is 12.4 Å². The van der Waals surface area contributed by atoms with Gasteiger partial charge in [-0.05, 0) is 0 Å². The summed E-state index contributed by atoms with van der Waals surface area (Å²) in [6, 6.07) is 1.90. The number of rotatable bonds is 6. The van der Waals surface area contributed by atoms with E-state index in [2.05, 4.69) is 15.3 Å². The highest BCUT2D eigenvalue weighted by Crippen LogP contribution is 2.01. The Bertz CT molecular complexity index is 347. The van der Waals surface area contributed by atoms with Crippen molar-refractivity contribution in [2.45, 2.75) is 6.10 Å². The SMILES string of the molecule is COCC(CNc1cnc(C#N)cn1)OC. The number of ether oxygens (including phenoxy) is 2. The third-order valence-corrected chi connectivity index (χ3v) is 1.96. The van der Waals surface area contributed by atoms with E-state index in [1.54, 1.807) is 14.2 Å². The minimum Gasteiger partial charge on any atom is -0.382 e. The van der Waals surface area contributed by atoms with E-state index in [0.717, 1.165) is 0 Å². The highest BCUT2D eigenvalue weighted by atomic mass is 16.5. The van der Waals surface area contributed by atoms with Crippen molar-refractivity contribution < 1.29 is 9.47 Å². The lowest BCUT2D eigenvalue weighted by Gasteiger charge is -2.14. The summed E-state index contributed by atoms with van der Waals surface area (Å²) in [5.74, 6) is 0.608. The first-order chi connectivity index (χ1) is 7.80. The summed E-state index contributed by atoms with van der Waals surface area (Å²) >= 11 is 0. The molecule has 1 heterocycles. The minimum atomic E-state index is -0.0394. The first kappa shape index (κ1) is 12.4. The van der Waals surface area contributed by atoms with Crippen molar-refractivity contribution in [1.82, 2.24) is 9.97 Å². The summed E-state index contributed by atoms with van der Waals surface area (Å²) in [7, 11) is 3.24. The molecule has 0 spiro atoms. The lowest BCUT2D eigenvalue weighted by molar-refractivity contribution is 0.0365. The number of hydrogen-bond donors (Lipinski definition) is 1. The summed E-state index contributed by atoms with van der Waals surface area (Å²) in [6.07, 6.45) is 2.89. The molecule has 0 aliphatic carbocycles. The van der Waals surface area contributed by atoms with E-state index < -0.39 is 0 Å². The number of nitrogens with one attached hydrogen (secondary N) is 1. The van der Waals surface area contributed by atoms with Gasteiger partial charge in [-0.3, -0.25) is 0 Å². The molecule has 0 amide bonds. The molecule has 16 heavy (non-hydrogen) atoms. The zero-order valence-corrected chi connectivity index (χ0v) is 9.30. The zero-order valence-electron chi connectivity index (χ0n) is 9.30. The maximum Gasteiger partial charge on any atom is 0.158 e. The van der Waals surface area contributed by atoms with E-state index in [1.807, 2.05) is 6.07 Å². The quantitative estimate of drug-likeness (QED) is 0.751. The highest BCUT2D eigenvalue weighted by Gasteiger charge is 2.06. The monoisotopic (exact) mass is 222 g/mol. The van der Waals surface area contributed by atoms with Crippen molar-refractivity contribution in [3.8, 4) is 6.07 Å². The van der Waals surface area contributed by atoms with Gasteiger partial charge in [-0.25, -0.2) is 9.97 Å². The Morgan fingerprint density at radius 1 is 1.44 bits per heavy atom. The molecule has 1 N–H and O–H groups in total. The second-order valence-electron chi connectivity index (χ2n) is 3.09. The molecule has 0 saturated heterocycles. The predicted molar refractivity (Wildman–Crippen MR) is 57.9 cm³/mol. The molecule has 0 aromatic carbocycles. The van der Waals surface area contributed by atoms with E-state index in [0.29, 0.717) is 24.7 Å². The molecule has 0 aliphatic rings. The average molecular weight is 222 g/mol. The van der Waals surface area contributed by atoms with Crippen LogP contribution in [-0.2, 0) is 9.47 Å². The topological polar surface area (TPSA) is 80.1 Å². The van der Waals surface area contributed by atoms with Crippen LogP contribution >= 0.6 is 0 Å². The van der Waals surface area contributed by atoms with Crippen molar-refractivity contribution >= 4 is 5.82 Å². The number of aromatic nitrogens is 2. The summed E-state index contributed by atoms with van der Waals surface area (Å²) < 4.78 is 10.1. The molecule has 1 unspecified atom stereocenters. The third kappa shape index (κ3) is 3.81. The molecule has 1 atom stereocenters. The van der Waals surface area contributed by atoms with E-state index >= 15 is 0 Å². The van der Waals surface area contributed by atoms with Gasteiger partial charge in [0.05, 0.1) is 25.1 Å². The Kier molecular flexibility index (Phi) is 5.19. The Balaban J connectivity index is 2.44. The first-order valence-electron chi connectivity index (χ1n) is 4.78. The summed E-state index contributed by atoms with van der Waals surface area (Å²) in [5, 5.41) is 11.6. The van der Waals surface area contributed by atoms with Crippen LogP contribution in [0.5, 0.6) is 0 Å². The standard InChI is InChI=1S/C10H14N4O2/c1-15-7-9(16-2)5-14-10-6-12-8(3-11)4-13-10/h4,6,9H,5,7H2,1-2H3,(H,13,14). The third-order valence-electron chi connectivity index (χ3n) is 1.96. The minimum absolute atomic E-state index is 0.0394. The van der Waals surface area contributed by atoms with Gasteiger partial charge < -0.3 is 14.8 Å². The Morgan fingerprint density at radius 3 is 2.75 bits per heavy atom. The number of nitriles is 1. The van der Waals surface area contributed by atoms with Crippen LogP contribution in [0, 0.1) is 11.3 Å². The first-order valence-corrected chi connectivity index (χ1v) is 4.78. The Labute approximate surface area is 94.2 Å². The maximum atomic E-state index is 8.55. The van der Waals surface area contributed by atoms with Gasteiger partial charge in [0.2, 0.25) is 0 Å². The molecule has 1 rings (SSSR count). The van der Waals surface area contributed by atoms with Crippen molar-refractivity contribution in [2.75, 3.05) is 32.7 Å². The van der Waals surface area contributed by atoms with Gasteiger partial charge in [0.15, 0.2) is 5.69 Å². The highest BCUT2D eigenvalue weighted by molar-refractivity contribution is 5.33. The van der Waals surface area contributed by atoms with Gasteiger partial charge in [0.1, 0.15) is 11.9 Å². The van der Waals surface area contributed by atoms with Gasteiger partial charge in [-0.1, -0.05) is 0 Å². The Morgan fingerprint density at radius 2 is 2.25 bits per heavy atom. The van der Waals surface area contributed by atoms with Gasteiger partial charge in [-0.15, -0.1) is 0 Å². The van der Waals surface area contributed by atoms with Gasteiger partial charge in [0.25, 0.3) is 0 Å². The van der Waals surface area contributed by atoms with Crippen molar-refractivity contribution in [3.05, 3.63) is 18.1 Å². The molecule has 0 aliphatic heterocycles. The van der Waals surface area contributed by atoms with Gasteiger partial charge in [0, 0.05) is 20.8 Å². The molecule has 0 saturated carbocycles. The van der Waals surface area contributed by atoms with Crippen molar-refractivity contribution in [2.24, 2.45) is 0 Å². The fourth-order valence-corrected chi connectivity index (χ4v) is 1.09. The molecular formula is C10H14N4O2. The molecule has 1 aromatic rings. The van der Waals surface area contributed by atoms with Crippen LogP contribution in [0.1, 0.15) is 5.69 Å². The van der Waals surface area contributed by atoms with E-state index in [-0.39, 0.29) is 6.10 Å². The van der Waals surface area contributed by atoms with Crippen LogP contribution in [-0.4, -0.2) is 43.4 Å². The second-order valence-corrected chi connectivity index (χ2v) is 3.09. The fraction of sp³-hybridized carbons (Fsp3) is 0.500. The van der Waals surface area contributed by atoms with Crippen LogP contribution in [0.15, 0.2) is 12.4 Å². The largest absolute Gasteiger partial charge is 0.382 e. The second kappa shape index (κ2) is 6.71. The molecule has 1 aromatic heterocycles. The normalized spacial score (nSPS) is 11.8. The summed E-state index contributed by atoms with van der Waals surface area (Å²) in [5.41, 5.74) is 0.297. The van der Waals surface area contributed by atoms with Crippen LogP contribution in [0.2, 0.25) is 0 Å². The number of anilines is 1. The molecule has 0 radical (unpaired) electrons. The van der Waals surface area contributed by atoms with Crippen LogP contribution in [0.4, 0.5) is 5.82 Å². The molecule has 0 fully saturated rings. The predicted octanol–water partition coefficient (Wildman–Crippen LogP) is 0.422. The van der Waals surface area contributed by atoms with Gasteiger partial charge in [-0.2, -0.15) is 5.26 Å². The molecule has 6 nitrogen and oxygen atoms in total. The fourth-order valence-electron chi connectivity index (χ4n) is 1.09. The van der Waals surface area contributed by atoms with Gasteiger partial charge >= 0.3 is 0 Å². The number of methoxy groups -OCH3 is 2. The molecular weight excluding hydrogens is 208 g/mol. The van der Waals surface area contributed by atoms with Crippen LogP contribution in [0.3, 0.4) is 0 Å². The van der Waals surface area contributed by atoms with Crippen molar-refractivity contribution in [3.63, 3.8) is 0 Å². The van der Waals surface area contributed by atoms with E-state index in [4.69, 9.17) is 14.7 Å². The molecule has 6 heteroatoms. The maximum absolute atomic E-state index is 8.55. The zero-order chi connectivity index (χ0) is 11.8. The van der Waals surface area contributed by atoms with Crippen LogP contribution in [0.25, 0.3) is 0 Å². The molecule has 86 valence electrons. The summed E-state index contributed by atoms with van der Waals surface area (Å²) in [4.78, 5) is 7.91. The smallest absolute Gasteiger partial charge is 0.158 e. The number of nitrogens with zero attached hydrogens (tertiary/aromatic N) is 3. The summed E-state index contributed by atoms with van der Waals surface area (Å²) in [6.45, 7) is 1.08. The molecule has 0 bridgehead atoms. The lowest BCUT2D eigenvalue weighted by Crippen LogP contribution is -2.26. The van der Waals surface area contributed by atoms with Crippen molar-refractivity contribution in [1.29, 1.82) is 5.26 Å².